The summed E-state index contributed by atoms with van der Waals surface area (Å²) in [6.45, 7) is 11.1. The third-order valence-corrected chi connectivity index (χ3v) is 3.75. The number of rotatable bonds is 10. The summed E-state index contributed by atoms with van der Waals surface area (Å²) in [4.78, 5) is 38.4. The van der Waals surface area contributed by atoms with Crippen molar-refractivity contribution < 1.29 is 14.4 Å². The molecule has 0 aliphatic rings. The van der Waals surface area contributed by atoms with Crippen LogP contribution in [0.25, 0.3) is 0 Å². The number of hydrogen-bond donors (Lipinski definition) is 3. The van der Waals surface area contributed by atoms with Crippen LogP contribution in [0.15, 0.2) is 24.3 Å². The minimum atomic E-state index is -0.265. The summed E-state index contributed by atoms with van der Waals surface area (Å²) in [6, 6.07) is 6.96. The first-order valence-corrected chi connectivity index (χ1v) is 9.41. The average molecular weight is 377 g/mol. The van der Waals surface area contributed by atoms with Crippen molar-refractivity contribution in [1.82, 2.24) is 15.5 Å². The molecule has 0 radical (unpaired) electrons. The van der Waals surface area contributed by atoms with Crippen molar-refractivity contribution in [2.24, 2.45) is 5.92 Å². The van der Waals surface area contributed by atoms with Crippen LogP contribution in [0.5, 0.6) is 0 Å². The van der Waals surface area contributed by atoms with E-state index >= 15 is 0 Å². The zero-order chi connectivity index (χ0) is 20.4. The van der Waals surface area contributed by atoms with Gasteiger partial charge in [-0.1, -0.05) is 32.9 Å². The SMILES string of the molecule is CCN(CC(=O)Nc1ccccc1C(=O)NCC(C)C)CC(=O)NC(C)C. The molecular weight excluding hydrogens is 344 g/mol. The second-order valence-electron chi connectivity index (χ2n) is 7.22. The molecule has 7 nitrogen and oxygen atoms in total. The van der Waals surface area contributed by atoms with Crippen molar-refractivity contribution in [3.05, 3.63) is 29.8 Å². The van der Waals surface area contributed by atoms with E-state index in [1.165, 1.54) is 0 Å². The topological polar surface area (TPSA) is 90.5 Å². The smallest absolute Gasteiger partial charge is 0.253 e. The molecule has 3 amide bonds. The molecule has 0 heterocycles. The molecule has 7 heteroatoms. The fourth-order valence-corrected chi connectivity index (χ4v) is 2.43. The van der Waals surface area contributed by atoms with Gasteiger partial charge >= 0.3 is 0 Å². The Hall–Kier alpha value is -2.41. The van der Waals surface area contributed by atoms with Crippen LogP contribution < -0.4 is 16.0 Å². The van der Waals surface area contributed by atoms with Gasteiger partial charge in [0.05, 0.1) is 24.3 Å². The first-order chi connectivity index (χ1) is 12.7. The molecule has 0 atom stereocenters. The summed E-state index contributed by atoms with van der Waals surface area (Å²) in [6.07, 6.45) is 0. The van der Waals surface area contributed by atoms with Crippen molar-refractivity contribution in [3.8, 4) is 0 Å². The van der Waals surface area contributed by atoms with Crippen molar-refractivity contribution in [1.29, 1.82) is 0 Å². The molecule has 0 spiro atoms. The van der Waals surface area contributed by atoms with E-state index in [0.29, 0.717) is 30.3 Å². The van der Waals surface area contributed by atoms with E-state index in [1.807, 2.05) is 34.6 Å². The number of benzene rings is 1. The van der Waals surface area contributed by atoms with E-state index in [0.717, 1.165) is 0 Å². The summed E-state index contributed by atoms with van der Waals surface area (Å²) in [5.41, 5.74) is 0.888. The highest BCUT2D eigenvalue weighted by atomic mass is 16.2. The fourth-order valence-electron chi connectivity index (χ4n) is 2.43. The van der Waals surface area contributed by atoms with Crippen LogP contribution in [0.1, 0.15) is 45.0 Å². The monoisotopic (exact) mass is 376 g/mol. The summed E-state index contributed by atoms with van der Waals surface area (Å²) < 4.78 is 0. The third kappa shape index (κ3) is 8.68. The Morgan fingerprint density at radius 3 is 2.22 bits per heavy atom. The fraction of sp³-hybridized carbons (Fsp3) is 0.550. The largest absolute Gasteiger partial charge is 0.353 e. The first-order valence-electron chi connectivity index (χ1n) is 9.41. The number of nitrogens with one attached hydrogen (secondary N) is 3. The van der Waals surface area contributed by atoms with E-state index in [9.17, 15) is 14.4 Å². The molecule has 0 aromatic heterocycles. The molecule has 1 aromatic carbocycles. The van der Waals surface area contributed by atoms with Gasteiger partial charge in [-0.05, 0) is 38.4 Å². The predicted octanol–water partition coefficient (Wildman–Crippen LogP) is 1.86. The highest BCUT2D eigenvalue weighted by Gasteiger charge is 2.16. The predicted molar refractivity (Wildman–Crippen MR) is 108 cm³/mol. The molecule has 1 aromatic rings. The van der Waals surface area contributed by atoms with Crippen LogP contribution in [0, 0.1) is 5.92 Å². The lowest BCUT2D eigenvalue weighted by atomic mass is 10.1. The van der Waals surface area contributed by atoms with Crippen LogP contribution in [0.3, 0.4) is 0 Å². The Morgan fingerprint density at radius 1 is 1.00 bits per heavy atom. The molecule has 0 aliphatic carbocycles. The van der Waals surface area contributed by atoms with Gasteiger partial charge in [0.2, 0.25) is 11.8 Å². The minimum Gasteiger partial charge on any atom is -0.353 e. The van der Waals surface area contributed by atoms with Gasteiger partial charge in [0.15, 0.2) is 0 Å². The quantitative estimate of drug-likeness (QED) is 0.581. The number of carbonyl (C=O) groups excluding carboxylic acids is 3. The number of anilines is 1. The number of likely N-dealkylation sites (N-methyl/N-ethyl adjacent to an activating group) is 1. The summed E-state index contributed by atoms with van der Waals surface area (Å²) in [7, 11) is 0. The first kappa shape index (κ1) is 22.6. The summed E-state index contributed by atoms with van der Waals surface area (Å²) in [5, 5.41) is 8.45. The molecule has 0 saturated heterocycles. The van der Waals surface area contributed by atoms with Gasteiger partial charge in [-0.3, -0.25) is 19.3 Å². The lowest BCUT2D eigenvalue weighted by Gasteiger charge is -2.20. The van der Waals surface area contributed by atoms with E-state index in [2.05, 4.69) is 16.0 Å². The molecular formula is C20H32N4O3. The van der Waals surface area contributed by atoms with Crippen LogP contribution in [-0.2, 0) is 9.59 Å². The Labute approximate surface area is 161 Å². The van der Waals surface area contributed by atoms with Crippen LogP contribution >= 0.6 is 0 Å². The maximum Gasteiger partial charge on any atom is 0.253 e. The number of para-hydroxylation sites is 1. The van der Waals surface area contributed by atoms with E-state index in [4.69, 9.17) is 0 Å². The maximum absolute atomic E-state index is 12.4. The lowest BCUT2D eigenvalue weighted by molar-refractivity contribution is -0.123. The molecule has 0 unspecified atom stereocenters. The Kier molecular flexibility index (Phi) is 9.50. The van der Waals surface area contributed by atoms with Crippen LogP contribution in [-0.4, -0.2) is 54.8 Å². The van der Waals surface area contributed by atoms with Crippen molar-refractivity contribution >= 4 is 23.4 Å². The van der Waals surface area contributed by atoms with Gasteiger partial charge in [0.1, 0.15) is 0 Å². The molecule has 0 aliphatic heterocycles. The van der Waals surface area contributed by atoms with Gasteiger partial charge in [0.25, 0.3) is 5.91 Å². The lowest BCUT2D eigenvalue weighted by Crippen LogP contribution is -2.43. The standard InChI is InChI=1S/C20H32N4O3/c1-6-24(12-18(25)22-15(4)5)13-19(26)23-17-10-8-7-9-16(17)20(27)21-11-14(2)3/h7-10,14-15H,6,11-13H2,1-5H3,(H,21,27)(H,22,25)(H,23,26). The minimum absolute atomic E-state index is 0.0567. The van der Waals surface area contributed by atoms with Gasteiger partial charge < -0.3 is 16.0 Å². The van der Waals surface area contributed by atoms with Crippen molar-refractivity contribution in [3.63, 3.8) is 0 Å². The Bertz CT molecular complexity index is 644. The molecule has 0 fully saturated rings. The normalized spacial score (nSPS) is 11.0. The van der Waals surface area contributed by atoms with Crippen molar-refractivity contribution in [2.45, 2.75) is 40.7 Å². The van der Waals surface area contributed by atoms with Gasteiger partial charge in [-0.2, -0.15) is 0 Å². The molecule has 0 saturated carbocycles. The second kappa shape index (κ2) is 11.3. The molecule has 1 rings (SSSR count). The summed E-state index contributed by atoms with van der Waals surface area (Å²) in [5.74, 6) is -0.263. The Morgan fingerprint density at radius 2 is 1.63 bits per heavy atom. The third-order valence-electron chi connectivity index (χ3n) is 3.75. The highest BCUT2D eigenvalue weighted by molar-refractivity contribution is 6.04. The number of hydrogen-bond acceptors (Lipinski definition) is 4. The molecule has 3 N–H and O–H groups in total. The zero-order valence-electron chi connectivity index (χ0n) is 17.0. The van der Waals surface area contributed by atoms with Crippen molar-refractivity contribution in [2.75, 3.05) is 31.5 Å². The average Bonchev–Trinajstić information content (AvgIpc) is 2.58. The number of nitrogens with zero attached hydrogens (tertiary/aromatic N) is 1. The van der Waals surface area contributed by atoms with E-state index in [1.54, 1.807) is 29.2 Å². The zero-order valence-corrected chi connectivity index (χ0v) is 17.0. The number of amides is 3. The maximum atomic E-state index is 12.4. The van der Waals surface area contributed by atoms with Gasteiger partial charge in [-0.25, -0.2) is 0 Å². The van der Waals surface area contributed by atoms with E-state index < -0.39 is 0 Å². The number of carbonyl (C=O) groups is 3. The van der Waals surface area contributed by atoms with Crippen LogP contribution in [0.2, 0.25) is 0 Å². The highest BCUT2D eigenvalue weighted by Crippen LogP contribution is 2.15. The summed E-state index contributed by atoms with van der Waals surface area (Å²) >= 11 is 0. The second-order valence-corrected chi connectivity index (χ2v) is 7.22. The van der Waals surface area contributed by atoms with Gasteiger partial charge in [-0.15, -0.1) is 0 Å². The van der Waals surface area contributed by atoms with E-state index in [-0.39, 0.29) is 36.9 Å². The van der Waals surface area contributed by atoms with Crippen LogP contribution in [0.4, 0.5) is 5.69 Å². The van der Waals surface area contributed by atoms with Gasteiger partial charge in [0, 0.05) is 12.6 Å². The molecule has 27 heavy (non-hydrogen) atoms. The molecule has 0 bridgehead atoms. The molecule has 150 valence electrons. The Balaban J connectivity index is 2.70.